The van der Waals surface area contributed by atoms with Crippen molar-refractivity contribution in [1.29, 1.82) is 0 Å². The fourth-order valence-electron chi connectivity index (χ4n) is 3.23. The molecular weight excluding hydrogens is 370 g/mol. The third-order valence-corrected chi connectivity index (χ3v) is 4.81. The summed E-state index contributed by atoms with van der Waals surface area (Å²) in [7, 11) is 0. The highest BCUT2D eigenvalue weighted by atomic mass is 16.5. The maximum Gasteiger partial charge on any atom is 0.339 e. The van der Waals surface area contributed by atoms with E-state index in [0.717, 1.165) is 5.69 Å². The Balaban J connectivity index is 2.13. The molecule has 0 aliphatic carbocycles. The van der Waals surface area contributed by atoms with Crippen molar-refractivity contribution < 1.29 is 19.1 Å². The molecular formula is C22H29N3O4. The lowest BCUT2D eigenvalue weighted by molar-refractivity contribution is -0.116. The van der Waals surface area contributed by atoms with Gasteiger partial charge in [-0.25, -0.2) is 4.79 Å². The average molecular weight is 399 g/mol. The van der Waals surface area contributed by atoms with Crippen molar-refractivity contribution in [3.05, 3.63) is 52.8 Å². The molecule has 1 aromatic carbocycles. The van der Waals surface area contributed by atoms with Gasteiger partial charge in [0.2, 0.25) is 5.91 Å². The molecule has 0 bridgehead atoms. The van der Waals surface area contributed by atoms with Gasteiger partial charge in [-0.2, -0.15) is 0 Å². The fraction of sp³-hybridized carbons (Fsp3) is 0.409. The van der Waals surface area contributed by atoms with E-state index in [1.54, 1.807) is 53.6 Å². The van der Waals surface area contributed by atoms with Gasteiger partial charge in [0, 0.05) is 35.7 Å². The molecule has 0 fully saturated rings. The summed E-state index contributed by atoms with van der Waals surface area (Å²) in [5, 5.41) is 2.83. The van der Waals surface area contributed by atoms with Crippen molar-refractivity contribution in [2.24, 2.45) is 0 Å². The molecule has 7 heteroatoms. The van der Waals surface area contributed by atoms with Gasteiger partial charge in [-0.1, -0.05) is 6.07 Å². The second-order valence-corrected chi connectivity index (χ2v) is 6.70. The monoisotopic (exact) mass is 399 g/mol. The molecule has 156 valence electrons. The summed E-state index contributed by atoms with van der Waals surface area (Å²) < 4.78 is 6.83. The Morgan fingerprint density at radius 3 is 2.38 bits per heavy atom. The van der Waals surface area contributed by atoms with Crippen LogP contribution in [0, 0.1) is 13.8 Å². The zero-order valence-electron chi connectivity index (χ0n) is 17.7. The zero-order chi connectivity index (χ0) is 21.6. The number of nitrogens with zero attached hydrogens (tertiary/aromatic N) is 2. The number of anilines is 1. The Morgan fingerprint density at radius 2 is 1.76 bits per heavy atom. The normalized spacial score (nSPS) is 10.5. The molecule has 0 radical (unpaired) electrons. The van der Waals surface area contributed by atoms with E-state index in [4.69, 9.17) is 4.74 Å². The van der Waals surface area contributed by atoms with Crippen LogP contribution in [-0.4, -0.2) is 46.9 Å². The lowest BCUT2D eigenvalue weighted by Crippen LogP contribution is -2.30. The van der Waals surface area contributed by atoms with Crippen LogP contribution in [0.2, 0.25) is 0 Å². The van der Waals surface area contributed by atoms with Crippen LogP contribution in [0.25, 0.3) is 0 Å². The molecule has 0 saturated heterocycles. The second kappa shape index (κ2) is 9.91. The number of hydrogen-bond donors (Lipinski definition) is 1. The van der Waals surface area contributed by atoms with Gasteiger partial charge >= 0.3 is 5.97 Å². The van der Waals surface area contributed by atoms with E-state index in [9.17, 15) is 14.4 Å². The van der Waals surface area contributed by atoms with Gasteiger partial charge in [0.05, 0.1) is 12.2 Å². The van der Waals surface area contributed by atoms with E-state index in [1.807, 2.05) is 20.8 Å². The third kappa shape index (κ3) is 5.25. The molecule has 1 N–H and O–H groups in total. The summed E-state index contributed by atoms with van der Waals surface area (Å²) in [5.74, 6) is -0.702. The highest BCUT2D eigenvalue weighted by Crippen LogP contribution is 2.17. The molecule has 1 aromatic heterocycles. The Morgan fingerprint density at radius 1 is 1.07 bits per heavy atom. The molecule has 29 heavy (non-hydrogen) atoms. The number of carbonyl (C=O) groups is 3. The second-order valence-electron chi connectivity index (χ2n) is 6.70. The minimum absolute atomic E-state index is 0.0608. The highest BCUT2D eigenvalue weighted by Gasteiger charge is 2.18. The number of ether oxygens (including phenoxy) is 1. The Bertz CT molecular complexity index is 897. The number of nitrogens with one attached hydrogen (secondary N) is 1. The smallest absolute Gasteiger partial charge is 0.339 e. The van der Waals surface area contributed by atoms with Gasteiger partial charge in [0.15, 0.2) is 0 Å². The quantitative estimate of drug-likeness (QED) is 0.690. The average Bonchev–Trinajstić information content (AvgIpc) is 2.97. The van der Waals surface area contributed by atoms with Crippen LogP contribution in [0.15, 0.2) is 30.3 Å². The standard InChI is InChI=1S/C22H29N3O4/c1-6-24(7-2)21(27)17-10-9-11-18(13-17)23-20(26)14-25-15(4)12-19(16(25)5)22(28)29-8-3/h9-13H,6-8,14H2,1-5H3,(H,23,26). The first-order valence-corrected chi connectivity index (χ1v) is 9.85. The fourth-order valence-corrected chi connectivity index (χ4v) is 3.23. The van der Waals surface area contributed by atoms with Crippen LogP contribution in [-0.2, 0) is 16.1 Å². The summed E-state index contributed by atoms with van der Waals surface area (Å²) in [6, 6.07) is 8.64. The van der Waals surface area contributed by atoms with Gasteiger partial charge < -0.3 is 19.5 Å². The van der Waals surface area contributed by atoms with E-state index < -0.39 is 5.97 Å². The van der Waals surface area contributed by atoms with Crippen LogP contribution >= 0.6 is 0 Å². The Labute approximate surface area is 171 Å². The number of hydrogen-bond acceptors (Lipinski definition) is 4. The number of aromatic nitrogens is 1. The molecule has 0 spiro atoms. The SMILES string of the molecule is CCOC(=O)c1cc(C)n(CC(=O)Nc2cccc(C(=O)N(CC)CC)c2)c1C. The summed E-state index contributed by atoms with van der Waals surface area (Å²) in [6.07, 6.45) is 0. The van der Waals surface area contributed by atoms with Crippen molar-refractivity contribution >= 4 is 23.5 Å². The lowest BCUT2D eigenvalue weighted by atomic mass is 10.1. The molecule has 1 heterocycles. The maximum absolute atomic E-state index is 12.6. The van der Waals surface area contributed by atoms with E-state index >= 15 is 0 Å². The third-order valence-electron chi connectivity index (χ3n) is 4.81. The van der Waals surface area contributed by atoms with E-state index in [2.05, 4.69) is 5.32 Å². The molecule has 0 atom stereocenters. The number of aryl methyl sites for hydroxylation is 1. The number of amides is 2. The van der Waals surface area contributed by atoms with Crippen LogP contribution in [0.1, 0.15) is 52.9 Å². The van der Waals surface area contributed by atoms with Gasteiger partial charge in [0.1, 0.15) is 6.54 Å². The molecule has 2 rings (SSSR count). The van der Waals surface area contributed by atoms with Crippen LogP contribution in [0.5, 0.6) is 0 Å². The van der Waals surface area contributed by atoms with Gasteiger partial charge in [0.25, 0.3) is 5.91 Å². The number of benzene rings is 1. The van der Waals surface area contributed by atoms with E-state index in [0.29, 0.717) is 42.2 Å². The largest absolute Gasteiger partial charge is 0.462 e. The van der Waals surface area contributed by atoms with Crippen molar-refractivity contribution in [3.8, 4) is 0 Å². The predicted molar refractivity (Wildman–Crippen MR) is 112 cm³/mol. The first-order chi connectivity index (χ1) is 13.8. The Hall–Kier alpha value is -3.09. The molecule has 2 amide bonds. The minimum Gasteiger partial charge on any atom is -0.462 e. The topological polar surface area (TPSA) is 80.6 Å². The first kappa shape index (κ1) is 22.2. The van der Waals surface area contributed by atoms with E-state index in [1.165, 1.54) is 0 Å². The molecule has 0 aliphatic rings. The highest BCUT2D eigenvalue weighted by molar-refractivity contribution is 5.97. The van der Waals surface area contributed by atoms with Crippen LogP contribution < -0.4 is 5.32 Å². The molecule has 0 aliphatic heterocycles. The summed E-state index contributed by atoms with van der Waals surface area (Å²) in [5.41, 5.74) is 3.03. The predicted octanol–water partition coefficient (Wildman–Crippen LogP) is 3.40. The number of carbonyl (C=O) groups excluding carboxylic acids is 3. The molecule has 0 saturated carbocycles. The Kier molecular flexibility index (Phi) is 7.59. The summed E-state index contributed by atoms with van der Waals surface area (Å²) >= 11 is 0. The zero-order valence-corrected chi connectivity index (χ0v) is 17.7. The maximum atomic E-state index is 12.6. The molecule has 0 unspecified atom stereocenters. The van der Waals surface area contributed by atoms with Crippen LogP contribution in [0.4, 0.5) is 5.69 Å². The van der Waals surface area contributed by atoms with E-state index in [-0.39, 0.29) is 18.4 Å². The van der Waals surface area contributed by atoms with Crippen molar-refractivity contribution in [2.75, 3.05) is 25.0 Å². The van der Waals surface area contributed by atoms with Crippen molar-refractivity contribution in [2.45, 2.75) is 41.2 Å². The van der Waals surface area contributed by atoms with Gasteiger partial charge in [-0.3, -0.25) is 9.59 Å². The molecule has 2 aromatic rings. The van der Waals surface area contributed by atoms with Gasteiger partial charge in [-0.15, -0.1) is 0 Å². The van der Waals surface area contributed by atoms with Crippen LogP contribution in [0.3, 0.4) is 0 Å². The number of esters is 1. The van der Waals surface area contributed by atoms with Crippen molar-refractivity contribution in [3.63, 3.8) is 0 Å². The number of rotatable bonds is 8. The molecule has 7 nitrogen and oxygen atoms in total. The summed E-state index contributed by atoms with van der Waals surface area (Å²) in [4.78, 5) is 38.9. The summed E-state index contributed by atoms with van der Waals surface area (Å²) in [6.45, 7) is 10.9. The van der Waals surface area contributed by atoms with Crippen molar-refractivity contribution in [1.82, 2.24) is 9.47 Å². The minimum atomic E-state index is -0.394. The first-order valence-electron chi connectivity index (χ1n) is 9.85. The van der Waals surface area contributed by atoms with Gasteiger partial charge in [-0.05, 0) is 58.9 Å². The lowest BCUT2D eigenvalue weighted by Gasteiger charge is -2.19.